The predicted octanol–water partition coefficient (Wildman–Crippen LogP) is 5.82. The van der Waals surface area contributed by atoms with E-state index in [1.54, 1.807) is 0 Å². The fraction of sp³-hybridized carbons (Fsp3) is 0. The highest BCUT2D eigenvalue weighted by molar-refractivity contribution is 7.00. The van der Waals surface area contributed by atoms with Gasteiger partial charge in [-0.3, -0.25) is 0 Å². The van der Waals surface area contributed by atoms with E-state index in [-0.39, 0.29) is 20.9 Å². The van der Waals surface area contributed by atoms with E-state index in [4.69, 9.17) is 0 Å². The van der Waals surface area contributed by atoms with Gasteiger partial charge in [0.2, 0.25) is 0 Å². The van der Waals surface area contributed by atoms with Crippen molar-refractivity contribution in [1.82, 2.24) is 14.0 Å². The molecule has 39 heavy (non-hydrogen) atoms. The highest BCUT2D eigenvalue weighted by Crippen LogP contribution is 2.33. The van der Waals surface area contributed by atoms with Crippen LogP contribution in [0.4, 0.5) is 5.69 Å². The van der Waals surface area contributed by atoms with Gasteiger partial charge in [0.25, 0.3) is 0 Å². The summed E-state index contributed by atoms with van der Waals surface area (Å²) in [5.41, 5.74) is 6.10. The van der Waals surface area contributed by atoms with Crippen LogP contribution in [0.3, 0.4) is 0 Å². The Morgan fingerprint density at radius 3 is 1.69 bits per heavy atom. The molecule has 8 rings (SSSR count). The molecule has 0 radical (unpaired) electrons. The van der Waals surface area contributed by atoms with Crippen LogP contribution in [0.25, 0.3) is 27.5 Å². The van der Waals surface area contributed by atoms with Crippen molar-refractivity contribution in [3.05, 3.63) is 152 Å². The van der Waals surface area contributed by atoms with E-state index in [0.717, 1.165) is 0 Å². The van der Waals surface area contributed by atoms with Gasteiger partial charge < -0.3 is 18.7 Å². The van der Waals surface area contributed by atoms with Gasteiger partial charge in [0, 0.05) is 22.1 Å². The van der Waals surface area contributed by atoms with E-state index in [1.807, 2.05) is 0 Å². The Hall–Kier alpha value is -4.77. The molecule has 7 heteroatoms. The number of hydrogen-bond donors (Lipinski definition) is 0. The van der Waals surface area contributed by atoms with Gasteiger partial charge in [0.05, 0.1) is 11.0 Å². The van der Waals surface area contributed by atoms with Crippen molar-refractivity contribution in [3.8, 4) is 5.69 Å². The number of benzene rings is 4. The van der Waals surface area contributed by atoms with Crippen LogP contribution in [-0.2, 0) is 0 Å². The second-order valence-corrected chi connectivity index (χ2v) is 10.3. The molecule has 182 valence electrons. The molecule has 0 unspecified atom stereocenters. The molecule has 4 heterocycles. The first-order chi connectivity index (χ1) is 19.4. The quantitative estimate of drug-likeness (QED) is 0.292. The summed E-state index contributed by atoms with van der Waals surface area (Å²) in [6, 6.07) is 37.2. The highest BCUT2D eigenvalue weighted by atomic mass is 15.3. The molecule has 0 amide bonds. The van der Waals surface area contributed by atoms with Crippen molar-refractivity contribution < 1.29 is 0 Å². The van der Waals surface area contributed by atoms with E-state index in [2.05, 4.69) is 171 Å². The summed E-state index contributed by atoms with van der Waals surface area (Å²) in [4.78, 5) is 0. The molecule has 0 saturated carbocycles. The van der Waals surface area contributed by atoms with Gasteiger partial charge in [-0.2, -0.15) is 0 Å². The van der Waals surface area contributed by atoms with Gasteiger partial charge in [0.15, 0.2) is 0 Å². The Labute approximate surface area is 229 Å². The molecule has 1 aromatic heterocycles. The minimum atomic E-state index is 0.0374. The molecule has 0 atom stereocenters. The third-order valence-corrected chi connectivity index (χ3v) is 8.11. The molecule has 1 saturated heterocycles. The van der Waals surface area contributed by atoms with Gasteiger partial charge in [-0.25, -0.2) is 0 Å². The molecule has 1 fully saturated rings. The SMILES string of the molecule is C1=CB2N(C=C1)B(c1cccc(-n3c4ccccc4c4ccccc43)c1)N1C=CC=CB1N2c1ccccc1. The lowest BCUT2D eigenvalue weighted by Crippen LogP contribution is -2.78. The monoisotopic (exact) mass is 498 g/mol. The average Bonchev–Trinajstić information content (AvgIpc) is 3.35. The Morgan fingerprint density at radius 2 is 1.05 bits per heavy atom. The number of allylic oxidation sites excluding steroid dienone is 4. The molecule has 0 bridgehead atoms. The third-order valence-electron chi connectivity index (χ3n) is 8.11. The van der Waals surface area contributed by atoms with Crippen LogP contribution < -0.4 is 10.2 Å². The summed E-state index contributed by atoms with van der Waals surface area (Å²) in [7, 11) is 0. The molecule has 3 aliphatic heterocycles. The standard InChI is InChI=1S/C32H25B3N4/c1-2-14-27(15-3-1)39-33-21-8-10-23-36(33)35(37-24-11-9-22-34(37)39)26-13-12-16-28(25-26)38-31-19-6-4-17-29(31)30-18-5-7-20-32(30)38/h1-25H. The number of fused-ring (bicyclic) bond motifs is 5. The molecule has 0 aliphatic carbocycles. The zero-order valence-corrected chi connectivity index (χ0v) is 21.5. The molecule has 3 aliphatic rings. The molecule has 0 spiro atoms. The van der Waals surface area contributed by atoms with Crippen molar-refractivity contribution in [2.24, 2.45) is 0 Å². The number of nitrogens with zero attached hydrogens (tertiary/aromatic N) is 4. The van der Waals surface area contributed by atoms with Gasteiger partial charge in [-0.15, -0.1) is 0 Å². The summed E-state index contributed by atoms with van der Waals surface area (Å²) in [6.45, 7) is 0.226. The lowest BCUT2D eigenvalue weighted by molar-refractivity contribution is 0.729. The van der Waals surface area contributed by atoms with Gasteiger partial charge in [-0.1, -0.05) is 90.8 Å². The van der Waals surface area contributed by atoms with Crippen molar-refractivity contribution in [2.45, 2.75) is 0 Å². The number of aromatic nitrogens is 1. The predicted molar refractivity (Wildman–Crippen MR) is 167 cm³/mol. The van der Waals surface area contributed by atoms with E-state index in [9.17, 15) is 0 Å². The van der Waals surface area contributed by atoms with E-state index >= 15 is 0 Å². The highest BCUT2D eigenvalue weighted by Gasteiger charge is 2.51. The van der Waals surface area contributed by atoms with Crippen LogP contribution in [0, 0.1) is 0 Å². The second kappa shape index (κ2) is 8.92. The topological polar surface area (TPSA) is 14.7 Å². The fourth-order valence-electron chi connectivity index (χ4n) is 6.51. The average molecular weight is 498 g/mol. The largest absolute Gasteiger partial charge is 0.423 e. The van der Waals surface area contributed by atoms with Crippen molar-refractivity contribution in [1.29, 1.82) is 0 Å². The molecule has 4 nitrogen and oxygen atoms in total. The molecule has 0 N–H and O–H groups in total. The Kier molecular flexibility index (Phi) is 5.08. The maximum atomic E-state index is 2.49. The second-order valence-electron chi connectivity index (χ2n) is 10.3. The zero-order valence-electron chi connectivity index (χ0n) is 21.5. The van der Waals surface area contributed by atoms with Crippen molar-refractivity contribution >= 4 is 53.9 Å². The number of rotatable bonds is 3. The van der Waals surface area contributed by atoms with Gasteiger partial charge in [-0.05, 0) is 66.4 Å². The summed E-state index contributed by atoms with van der Waals surface area (Å²) < 4.78 is 9.84. The molecular formula is C32H25B3N4. The first-order valence-corrected chi connectivity index (χ1v) is 13.6. The summed E-state index contributed by atoms with van der Waals surface area (Å²) in [5.74, 6) is 4.61. The van der Waals surface area contributed by atoms with Crippen LogP contribution >= 0.6 is 0 Å². The van der Waals surface area contributed by atoms with E-state index in [0.29, 0.717) is 0 Å². The number of para-hydroxylation sites is 3. The van der Waals surface area contributed by atoms with Crippen LogP contribution in [0.2, 0.25) is 0 Å². The smallest absolute Gasteiger partial charge is 0.388 e. The fourth-order valence-corrected chi connectivity index (χ4v) is 6.51. The number of hydrogen-bond acceptors (Lipinski definition) is 3. The number of anilines is 1. The van der Waals surface area contributed by atoms with E-state index in [1.165, 1.54) is 38.6 Å². The molecular weight excluding hydrogens is 473 g/mol. The zero-order chi connectivity index (χ0) is 25.8. The summed E-state index contributed by atoms with van der Waals surface area (Å²) in [6.07, 6.45) is 13.1. The first-order valence-electron chi connectivity index (χ1n) is 13.6. The van der Waals surface area contributed by atoms with Crippen LogP contribution in [0.5, 0.6) is 0 Å². The van der Waals surface area contributed by atoms with Crippen LogP contribution in [0.1, 0.15) is 0 Å². The Balaban J connectivity index is 1.29. The summed E-state index contributed by atoms with van der Waals surface area (Å²) >= 11 is 0. The van der Waals surface area contributed by atoms with Crippen molar-refractivity contribution in [2.75, 3.05) is 4.72 Å². The van der Waals surface area contributed by atoms with E-state index < -0.39 is 0 Å². The lowest BCUT2D eigenvalue weighted by atomic mass is 9.40. The Bertz CT molecular complexity index is 1730. The molecule has 5 aromatic rings. The maximum absolute atomic E-state index is 2.49. The third kappa shape index (κ3) is 3.43. The summed E-state index contributed by atoms with van der Waals surface area (Å²) in [5, 5.41) is 2.56. The normalized spacial score (nSPS) is 16.0. The Morgan fingerprint density at radius 1 is 0.487 bits per heavy atom. The minimum Gasteiger partial charge on any atom is -0.423 e. The van der Waals surface area contributed by atoms with Crippen molar-refractivity contribution in [3.63, 3.8) is 0 Å². The maximum Gasteiger partial charge on any atom is 0.388 e. The molecule has 4 aromatic carbocycles. The van der Waals surface area contributed by atoms with Crippen LogP contribution in [-0.4, -0.2) is 35.0 Å². The lowest BCUT2D eigenvalue weighted by Gasteiger charge is -2.54. The first kappa shape index (κ1) is 22.2. The van der Waals surface area contributed by atoms with Gasteiger partial charge >= 0.3 is 20.9 Å². The van der Waals surface area contributed by atoms with Crippen LogP contribution in [0.15, 0.2) is 152 Å². The minimum absolute atomic E-state index is 0.0374. The van der Waals surface area contributed by atoms with Gasteiger partial charge in [0.1, 0.15) is 0 Å².